The van der Waals surface area contributed by atoms with Crippen molar-refractivity contribution in [2.75, 3.05) is 0 Å². The minimum atomic E-state index is -0.945. The van der Waals surface area contributed by atoms with Crippen LogP contribution in [0.1, 0.15) is 18.9 Å². The summed E-state index contributed by atoms with van der Waals surface area (Å²) in [6.45, 7) is 3.79. The average molecular weight is 255 g/mol. The summed E-state index contributed by atoms with van der Waals surface area (Å²) in [6.07, 6.45) is 3.17. The van der Waals surface area contributed by atoms with Gasteiger partial charge in [0.15, 0.2) is 0 Å². The number of benzene rings is 1. The summed E-state index contributed by atoms with van der Waals surface area (Å²) in [5.74, 6) is -0.206. The van der Waals surface area contributed by atoms with Gasteiger partial charge in [-0.05, 0) is 37.6 Å². The van der Waals surface area contributed by atoms with Crippen molar-refractivity contribution in [3.05, 3.63) is 40.9 Å². The fourth-order valence-corrected chi connectivity index (χ4v) is 1.45. The zero-order valence-corrected chi connectivity index (χ0v) is 10.6. The van der Waals surface area contributed by atoms with Crippen LogP contribution >= 0.6 is 11.6 Å². The predicted molar refractivity (Wildman–Crippen MR) is 67.7 cm³/mol. The molecule has 0 saturated heterocycles. The van der Waals surface area contributed by atoms with E-state index in [1.807, 2.05) is 19.9 Å². The number of aryl methyl sites for hydroxylation is 1. The van der Waals surface area contributed by atoms with Crippen LogP contribution in [0.15, 0.2) is 30.4 Å². The second kappa shape index (κ2) is 6.30. The van der Waals surface area contributed by atoms with Gasteiger partial charge in [-0.15, -0.1) is 0 Å². The number of rotatable bonds is 5. The molecule has 1 N–H and O–H groups in total. The molecule has 1 aromatic rings. The summed E-state index contributed by atoms with van der Waals surface area (Å²) >= 11 is 5.90. The van der Waals surface area contributed by atoms with E-state index in [4.69, 9.17) is 21.4 Å². The van der Waals surface area contributed by atoms with E-state index in [0.29, 0.717) is 11.4 Å². The lowest BCUT2D eigenvalue weighted by Gasteiger charge is -2.13. The Morgan fingerprint density at radius 2 is 2.29 bits per heavy atom. The molecule has 1 atom stereocenters. The van der Waals surface area contributed by atoms with Crippen LogP contribution in [0.3, 0.4) is 0 Å². The number of carboxylic acid groups (broad SMARTS) is 1. The highest BCUT2D eigenvalue weighted by Crippen LogP contribution is 2.22. The maximum absolute atomic E-state index is 10.3. The van der Waals surface area contributed by atoms with Gasteiger partial charge in [0.05, 0.1) is 6.10 Å². The average Bonchev–Trinajstić information content (AvgIpc) is 2.23. The van der Waals surface area contributed by atoms with Gasteiger partial charge in [0.2, 0.25) is 0 Å². The molecule has 0 radical (unpaired) electrons. The summed E-state index contributed by atoms with van der Waals surface area (Å²) in [4.78, 5) is 10.3. The Bertz CT molecular complexity index is 427. The minimum absolute atomic E-state index is 0.0776. The number of hydrogen-bond donors (Lipinski definition) is 1. The van der Waals surface area contributed by atoms with E-state index in [9.17, 15) is 4.79 Å². The van der Waals surface area contributed by atoms with Gasteiger partial charge in [-0.3, -0.25) is 0 Å². The molecule has 0 fully saturated rings. The van der Waals surface area contributed by atoms with Crippen molar-refractivity contribution in [1.82, 2.24) is 0 Å². The highest BCUT2D eigenvalue weighted by molar-refractivity contribution is 6.31. The lowest BCUT2D eigenvalue weighted by atomic mass is 10.2. The molecule has 1 rings (SSSR count). The smallest absolute Gasteiger partial charge is 0.327 e. The van der Waals surface area contributed by atoms with Crippen LogP contribution in [-0.4, -0.2) is 17.2 Å². The number of ether oxygens (including phenoxy) is 1. The molecule has 17 heavy (non-hydrogen) atoms. The Hall–Kier alpha value is -1.48. The summed E-state index contributed by atoms with van der Waals surface area (Å²) in [5.41, 5.74) is 0.956. The summed E-state index contributed by atoms with van der Waals surface area (Å²) in [6, 6.07) is 5.44. The minimum Gasteiger partial charge on any atom is -0.490 e. The number of carboxylic acids is 1. The number of halogens is 1. The van der Waals surface area contributed by atoms with E-state index in [2.05, 4.69) is 0 Å². The number of carbonyl (C=O) groups is 1. The predicted octanol–water partition coefficient (Wildman–Crippen LogP) is 3.45. The molecule has 4 heteroatoms. The first-order valence-electron chi connectivity index (χ1n) is 5.31. The fourth-order valence-electron chi connectivity index (χ4n) is 1.33. The molecule has 3 nitrogen and oxygen atoms in total. The molecule has 0 amide bonds. The molecular formula is C13H15ClO3. The third-order valence-corrected chi connectivity index (χ3v) is 2.62. The van der Waals surface area contributed by atoms with Crippen molar-refractivity contribution in [1.29, 1.82) is 0 Å². The summed E-state index contributed by atoms with van der Waals surface area (Å²) in [7, 11) is 0. The number of hydrogen-bond acceptors (Lipinski definition) is 2. The van der Waals surface area contributed by atoms with E-state index in [0.717, 1.165) is 17.4 Å². The van der Waals surface area contributed by atoms with E-state index in [1.54, 1.807) is 18.2 Å². The molecule has 0 spiro atoms. The first-order valence-corrected chi connectivity index (χ1v) is 5.69. The number of aliphatic carboxylic acids is 1. The highest BCUT2D eigenvalue weighted by Gasteiger charge is 2.04. The second-order valence-electron chi connectivity index (χ2n) is 3.82. The molecule has 0 saturated carbocycles. The van der Waals surface area contributed by atoms with E-state index in [-0.39, 0.29) is 6.10 Å². The standard InChI is InChI=1S/C13H15ClO3/c1-9-8-11(6-7-12(9)14)17-10(2)4-3-5-13(15)16/h3,5-8,10H,4H2,1-2H3,(H,15,16)/b5-3+. The van der Waals surface area contributed by atoms with Gasteiger partial charge in [0.1, 0.15) is 5.75 Å². The Morgan fingerprint density at radius 3 is 2.88 bits per heavy atom. The largest absolute Gasteiger partial charge is 0.490 e. The van der Waals surface area contributed by atoms with Crippen LogP contribution in [-0.2, 0) is 4.79 Å². The van der Waals surface area contributed by atoms with Crippen molar-refractivity contribution in [3.63, 3.8) is 0 Å². The molecule has 1 unspecified atom stereocenters. The van der Waals surface area contributed by atoms with Gasteiger partial charge in [0, 0.05) is 17.5 Å². The van der Waals surface area contributed by atoms with Gasteiger partial charge in [-0.25, -0.2) is 4.79 Å². The molecule has 0 aliphatic heterocycles. The maximum Gasteiger partial charge on any atom is 0.327 e. The Balaban J connectivity index is 2.53. The molecule has 0 aliphatic carbocycles. The van der Waals surface area contributed by atoms with Crippen molar-refractivity contribution in [2.24, 2.45) is 0 Å². The van der Waals surface area contributed by atoms with Crippen LogP contribution in [0.5, 0.6) is 5.75 Å². The Morgan fingerprint density at radius 1 is 1.59 bits per heavy atom. The van der Waals surface area contributed by atoms with Crippen molar-refractivity contribution in [2.45, 2.75) is 26.4 Å². The topological polar surface area (TPSA) is 46.5 Å². The fraction of sp³-hybridized carbons (Fsp3) is 0.308. The van der Waals surface area contributed by atoms with Crippen LogP contribution in [0.4, 0.5) is 0 Å². The molecule has 1 aromatic carbocycles. The highest BCUT2D eigenvalue weighted by atomic mass is 35.5. The van der Waals surface area contributed by atoms with Gasteiger partial charge in [0.25, 0.3) is 0 Å². The van der Waals surface area contributed by atoms with E-state index in [1.165, 1.54) is 0 Å². The Kier molecular flexibility index (Phi) is 5.04. The summed E-state index contributed by atoms with van der Waals surface area (Å²) in [5, 5.41) is 9.15. The van der Waals surface area contributed by atoms with Crippen molar-refractivity contribution >= 4 is 17.6 Å². The van der Waals surface area contributed by atoms with Crippen molar-refractivity contribution in [3.8, 4) is 5.75 Å². The molecule has 0 bridgehead atoms. The monoisotopic (exact) mass is 254 g/mol. The lowest BCUT2D eigenvalue weighted by Crippen LogP contribution is -2.10. The third kappa shape index (κ3) is 4.91. The molecule has 0 heterocycles. The first-order chi connectivity index (χ1) is 7.99. The third-order valence-electron chi connectivity index (χ3n) is 2.20. The normalized spacial score (nSPS) is 12.6. The van der Waals surface area contributed by atoms with E-state index >= 15 is 0 Å². The second-order valence-corrected chi connectivity index (χ2v) is 4.22. The van der Waals surface area contributed by atoms with Crippen molar-refractivity contribution < 1.29 is 14.6 Å². The molecular weight excluding hydrogens is 240 g/mol. The van der Waals surface area contributed by atoms with Gasteiger partial charge in [-0.1, -0.05) is 17.7 Å². The van der Waals surface area contributed by atoms with Gasteiger partial charge >= 0.3 is 5.97 Å². The molecule has 0 aliphatic rings. The van der Waals surface area contributed by atoms with Gasteiger partial charge in [-0.2, -0.15) is 0 Å². The Labute approximate surface area is 106 Å². The van der Waals surface area contributed by atoms with E-state index < -0.39 is 5.97 Å². The summed E-state index contributed by atoms with van der Waals surface area (Å²) < 4.78 is 5.63. The van der Waals surface area contributed by atoms with Crippen LogP contribution in [0, 0.1) is 6.92 Å². The zero-order valence-electron chi connectivity index (χ0n) is 9.81. The van der Waals surface area contributed by atoms with Crippen LogP contribution in [0.2, 0.25) is 5.02 Å². The first kappa shape index (κ1) is 13.6. The lowest BCUT2D eigenvalue weighted by molar-refractivity contribution is -0.131. The molecule has 0 aromatic heterocycles. The maximum atomic E-state index is 10.3. The van der Waals surface area contributed by atoms with Gasteiger partial charge < -0.3 is 9.84 Å². The zero-order chi connectivity index (χ0) is 12.8. The van der Waals surface area contributed by atoms with Crippen LogP contribution in [0.25, 0.3) is 0 Å². The SMILES string of the molecule is Cc1cc(OC(C)C/C=C/C(=O)O)ccc1Cl. The quantitative estimate of drug-likeness (QED) is 0.819. The molecule has 92 valence electrons. The van der Waals surface area contributed by atoms with Crippen LogP contribution < -0.4 is 4.74 Å².